The molecule has 0 spiro atoms. The summed E-state index contributed by atoms with van der Waals surface area (Å²) in [6.45, 7) is 1.89. The fourth-order valence-electron chi connectivity index (χ4n) is 2.84. The number of anilines is 1. The second-order valence-corrected chi connectivity index (χ2v) is 7.09. The lowest BCUT2D eigenvalue weighted by atomic mass is 9.90. The summed E-state index contributed by atoms with van der Waals surface area (Å²) in [5, 5.41) is 3.43. The van der Waals surface area contributed by atoms with E-state index in [1.54, 1.807) is 6.07 Å². The smallest absolute Gasteiger partial charge is 0.340 e. The maximum Gasteiger partial charge on any atom is 0.340 e. The van der Waals surface area contributed by atoms with Gasteiger partial charge in [0.2, 0.25) is 5.91 Å². The van der Waals surface area contributed by atoms with Gasteiger partial charge in [0.05, 0.1) is 18.6 Å². The van der Waals surface area contributed by atoms with Crippen molar-refractivity contribution in [3.8, 4) is 0 Å². The predicted molar refractivity (Wildman–Crippen MR) is 104 cm³/mol. The van der Waals surface area contributed by atoms with E-state index in [9.17, 15) is 9.59 Å². The number of aryl methyl sites for hydroxylation is 1. The minimum Gasteiger partial charge on any atom is -0.465 e. The van der Waals surface area contributed by atoms with Crippen LogP contribution in [0.25, 0.3) is 0 Å². The van der Waals surface area contributed by atoms with Gasteiger partial charge in [-0.1, -0.05) is 60.7 Å². The number of thiophene rings is 1. The molecule has 0 radical (unpaired) electrons. The summed E-state index contributed by atoms with van der Waals surface area (Å²) in [4.78, 5) is 26.0. The van der Waals surface area contributed by atoms with Crippen molar-refractivity contribution in [2.75, 3.05) is 12.4 Å². The standard InChI is InChI=1S/C21H19NO3S/c1-14-13-17(21(24)25-2)20(26-14)22-19(23)18(15-9-5-3-6-10-15)16-11-7-4-8-12-16/h3-13,18H,1-2H3,(H,22,23). The number of hydrogen-bond acceptors (Lipinski definition) is 4. The summed E-state index contributed by atoms with van der Waals surface area (Å²) < 4.78 is 4.82. The molecule has 0 unspecified atom stereocenters. The number of methoxy groups -OCH3 is 1. The monoisotopic (exact) mass is 365 g/mol. The first kappa shape index (κ1) is 17.9. The lowest BCUT2D eigenvalue weighted by Gasteiger charge is -2.17. The Kier molecular flexibility index (Phi) is 5.49. The van der Waals surface area contributed by atoms with Crippen LogP contribution in [0.4, 0.5) is 5.00 Å². The van der Waals surface area contributed by atoms with E-state index in [2.05, 4.69) is 5.32 Å². The second-order valence-electron chi connectivity index (χ2n) is 5.84. The van der Waals surface area contributed by atoms with Crippen molar-refractivity contribution in [3.63, 3.8) is 0 Å². The quantitative estimate of drug-likeness (QED) is 0.672. The van der Waals surface area contributed by atoms with Gasteiger partial charge in [-0.2, -0.15) is 0 Å². The van der Waals surface area contributed by atoms with Gasteiger partial charge < -0.3 is 10.1 Å². The van der Waals surface area contributed by atoms with Gasteiger partial charge in [0.1, 0.15) is 5.00 Å². The minimum atomic E-state index is -0.467. The van der Waals surface area contributed by atoms with Crippen molar-refractivity contribution in [2.45, 2.75) is 12.8 Å². The Morgan fingerprint density at radius 2 is 1.50 bits per heavy atom. The molecule has 0 aliphatic heterocycles. The van der Waals surface area contributed by atoms with E-state index >= 15 is 0 Å². The van der Waals surface area contributed by atoms with Gasteiger partial charge in [-0.05, 0) is 24.1 Å². The van der Waals surface area contributed by atoms with E-state index in [-0.39, 0.29) is 5.91 Å². The van der Waals surface area contributed by atoms with E-state index < -0.39 is 11.9 Å². The largest absolute Gasteiger partial charge is 0.465 e. The molecule has 1 heterocycles. The van der Waals surface area contributed by atoms with Crippen LogP contribution in [0, 0.1) is 6.92 Å². The van der Waals surface area contributed by atoms with Crippen molar-refractivity contribution >= 4 is 28.2 Å². The van der Waals surface area contributed by atoms with Crippen LogP contribution >= 0.6 is 11.3 Å². The number of carbonyl (C=O) groups excluding carboxylic acids is 2. The van der Waals surface area contributed by atoms with Gasteiger partial charge in [-0.15, -0.1) is 11.3 Å². The van der Waals surface area contributed by atoms with Crippen molar-refractivity contribution in [3.05, 3.63) is 88.3 Å². The van der Waals surface area contributed by atoms with Gasteiger partial charge in [0.25, 0.3) is 0 Å². The number of ether oxygens (including phenoxy) is 1. The molecule has 26 heavy (non-hydrogen) atoms. The van der Waals surface area contributed by atoms with Crippen molar-refractivity contribution in [2.24, 2.45) is 0 Å². The first-order valence-electron chi connectivity index (χ1n) is 8.19. The second kappa shape index (κ2) is 7.97. The zero-order chi connectivity index (χ0) is 18.5. The highest BCUT2D eigenvalue weighted by Gasteiger charge is 2.25. The fourth-order valence-corrected chi connectivity index (χ4v) is 3.74. The number of hydrogen-bond donors (Lipinski definition) is 1. The van der Waals surface area contributed by atoms with E-state index in [0.29, 0.717) is 10.6 Å². The van der Waals surface area contributed by atoms with Gasteiger partial charge in [-0.3, -0.25) is 4.79 Å². The Balaban J connectivity index is 1.96. The van der Waals surface area contributed by atoms with E-state index in [1.807, 2.05) is 67.6 Å². The van der Waals surface area contributed by atoms with Crippen LogP contribution in [0.2, 0.25) is 0 Å². The molecule has 1 amide bonds. The third kappa shape index (κ3) is 3.83. The molecule has 0 aliphatic rings. The molecule has 3 aromatic rings. The fraction of sp³-hybridized carbons (Fsp3) is 0.143. The van der Waals surface area contributed by atoms with E-state index in [4.69, 9.17) is 4.74 Å². The molecule has 132 valence electrons. The zero-order valence-corrected chi connectivity index (χ0v) is 15.4. The Morgan fingerprint density at radius 1 is 0.962 bits per heavy atom. The van der Waals surface area contributed by atoms with Gasteiger partial charge >= 0.3 is 5.97 Å². The first-order chi connectivity index (χ1) is 12.6. The Morgan fingerprint density at radius 3 is 2.00 bits per heavy atom. The molecule has 0 saturated heterocycles. The van der Waals surface area contributed by atoms with E-state index in [0.717, 1.165) is 16.0 Å². The lowest BCUT2D eigenvalue weighted by Crippen LogP contribution is -2.22. The number of benzene rings is 2. The highest BCUT2D eigenvalue weighted by Crippen LogP contribution is 2.31. The number of rotatable bonds is 5. The highest BCUT2D eigenvalue weighted by molar-refractivity contribution is 7.16. The molecule has 5 heteroatoms. The maximum atomic E-state index is 13.1. The zero-order valence-electron chi connectivity index (χ0n) is 14.6. The van der Waals surface area contributed by atoms with Crippen molar-refractivity contribution < 1.29 is 14.3 Å². The minimum absolute atomic E-state index is 0.186. The first-order valence-corrected chi connectivity index (χ1v) is 9.01. The number of amides is 1. The van der Waals surface area contributed by atoms with Crippen LogP contribution in [0.5, 0.6) is 0 Å². The third-order valence-corrected chi connectivity index (χ3v) is 4.99. The van der Waals surface area contributed by atoms with Crippen LogP contribution in [0.1, 0.15) is 32.3 Å². The van der Waals surface area contributed by atoms with Gasteiger partial charge in [0.15, 0.2) is 0 Å². The molecular formula is C21H19NO3S. The Labute approximate surface area is 156 Å². The lowest BCUT2D eigenvalue weighted by molar-refractivity contribution is -0.116. The van der Waals surface area contributed by atoms with Crippen LogP contribution in [0.3, 0.4) is 0 Å². The molecule has 1 N–H and O–H groups in total. The van der Waals surface area contributed by atoms with Crippen LogP contribution in [0.15, 0.2) is 66.7 Å². The van der Waals surface area contributed by atoms with Crippen LogP contribution in [-0.4, -0.2) is 19.0 Å². The molecule has 0 atom stereocenters. The molecule has 3 rings (SSSR count). The van der Waals surface area contributed by atoms with Crippen LogP contribution in [-0.2, 0) is 9.53 Å². The van der Waals surface area contributed by atoms with Crippen molar-refractivity contribution in [1.29, 1.82) is 0 Å². The number of nitrogens with one attached hydrogen (secondary N) is 1. The normalized spacial score (nSPS) is 10.6. The molecule has 0 aliphatic carbocycles. The molecule has 1 aromatic heterocycles. The summed E-state index contributed by atoms with van der Waals surface area (Å²) in [7, 11) is 1.33. The average molecular weight is 365 g/mol. The number of carbonyl (C=O) groups is 2. The predicted octanol–water partition coefficient (Wildman–Crippen LogP) is 4.61. The highest BCUT2D eigenvalue weighted by atomic mass is 32.1. The Hall–Kier alpha value is -2.92. The van der Waals surface area contributed by atoms with Gasteiger partial charge in [-0.25, -0.2) is 4.79 Å². The molecule has 4 nitrogen and oxygen atoms in total. The third-order valence-electron chi connectivity index (χ3n) is 4.03. The Bertz CT molecular complexity index is 864. The average Bonchev–Trinajstić information content (AvgIpc) is 3.03. The molecular weight excluding hydrogens is 346 g/mol. The molecule has 2 aromatic carbocycles. The summed E-state index contributed by atoms with van der Waals surface area (Å²) in [5.41, 5.74) is 2.16. The maximum absolute atomic E-state index is 13.1. The molecule has 0 saturated carbocycles. The molecule has 0 bridgehead atoms. The van der Waals surface area contributed by atoms with Crippen LogP contribution < -0.4 is 5.32 Å². The SMILES string of the molecule is COC(=O)c1cc(C)sc1NC(=O)C(c1ccccc1)c1ccccc1. The van der Waals surface area contributed by atoms with Crippen molar-refractivity contribution in [1.82, 2.24) is 0 Å². The summed E-state index contributed by atoms with van der Waals surface area (Å²) >= 11 is 1.36. The molecule has 0 fully saturated rings. The topological polar surface area (TPSA) is 55.4 Å². The summed E-state index contributed by atoms with van der Waals surface area (Å²) in [5.74, 6) is -1.11. The summed E-state index contributed by atoms with van der Waals surface area (Å²) in [6, 6.07) is 20.9. The van der Waals surface area contributed by atoms with E-state index in [1.165, 1.54) is 18.4 Å². The van der Waals surface area contributed by atoms with Gasteiger partial charge in [0, 0.05) is 4.88 Å². The number of esters is 1. The summed E-state index contributed by atoms with van der Waals surface area (Å²) in [6.07, 6.45) is 0.